The second kappa shape index (κ2) is 23.6. The minimum atomic E-state index is -0.156. The van der Waals surface area contributed by atoms with E-state index in [2.05, 4.69) is 20.8 Å². The van der Waals surface area contributed by atoms with Crippen molar-refractivity contribution in [2.75, 3.05) is 6.67 Å². The SMILES string of the molecule is CC.CCCC(C)CCC.CCCCF. The van der Waals surface area contributed by atoms with Gasteiger partial charge in [0.15, 0.2) is 0 Å². The topological polar surface area (TPSA) is 0 Å². The van der Waals surface area contributed by atoms with E-state index in [0.29, 0.717) is 0 Å². The van der Waals surface area contributed by atoms with Gasteiger partial charge in [-0.3, -0.25) is 4.39 Å². The molecule has 0 fully saturated rings. The van der Waals surface area contributed by atoms with Gasteiger partial charge in [-0.2, -0.15) is 0 Å². The van der Waals surface area contributed by atoms with Gasteiger partial charge in [0, 0.05) is 0 Å². The monoisotopic (exact) mass is 220 g/mol. The Hall–Kier alpha value is -0.0700. The zero-order valence-electron chi connectivity index (χ0n) is 11.9. The largest absolute Gasteiger partial charge is 0.251 e. The molecule has 0 aromatic rings. The minimum absolute atomic E-state index is 0.156. The number of hydrogen-bond donors (Lipinski definition) is 0. The van der Waals surface area contributed by atoms with Crippen molar-refractivity contribution in [2.45, 2.75) is 80.1 Å². The molecule has 0 aliphatic carbocycles. The molecular formula is C14H33F. The first-order valence-corrected chi connectivity index (χ1v) is 6.78. The molecule has 0 aliphatic rings. The Balaban J connectivity index is -0.000000177. The Morgan fingerprint density at radius 1 is 0.867 bits per heavy atom. The molecule has 0 bridgehead atoms. The average Bonchev–Trinajstić information content (AvgIpc) is 2.24. The van der Waals surface area contributed by atoms with Gasteiger partial charge in [0.05, 0.1) is 6.67 Å². The first-order valence-electron chi connectivity index (χ1n) is 6.78. The normalized spacial score (nSPS) is 8.80. The van der Waals surface area contributed by atoms with Crippen LogP contribution in [0.5, 0.6) is 0 Å². The number of unbranched alkanes of at least 4 members (excludes halogenated alkanes) is 1. The van der Waals surface area contributed by atoms with Crippen LogP contribution in [0.25, 0.3) is 0 Å². The average molecular weight is 220 g/mol. The van der Waals surface area contributed by atoms with E-state index in [1.165, 1.54) is 25.7 Å². The van der Waals surface area contributed by atoms with E-state index in [1.807, 2.05) is 20.8 Å². The highest BCUT2D eigenvalue weighted by Crippen LogP contribution is 2.10. The van der Waals surface area contributed by atoms with E-state index in [4.69, 9.17) is 0 Å². The smallest absolute Gasteiger partial charge is 0.0894 e. The van der Waals surface area contributed by atoms with E-state index in [0.717, 1.165) is 18.8 Å². The zero-order valence-corrected chi connectivity index (χ0v) is 11.9. The van der Waals surface area contributed by atoms with Crippen molar-refractivity contribution >= 4 is 0 Å². The van der Waals surface area contributed by atoms with Crippen LogP contribution in [0, 0.1) is 5.92 Å². The predicted molar refractivity (Wildman–Crippen MR) is 71.2 cm³/mol. The molecule has 0 spiro atoms. The lowest BCUT2D eigenvalue weighted by Crippen LogP contribution is -1.91. The fourth-order valence-corrected chi connectivity index (χ4v) is 1.26. The number of halogens is 1. The molecule has 0 heterocycles. The molecule has 1 heteroatoms. The second-order valence-electron chi connectivity index (χ2n) is 3.73. The molecule has 96 valence electrons. The molecule has 0 rings (SSSR count). The molecule has 0 unspecified atom stereocenters. The van der Waals surface area contributed by atoms with Crippen LogP contribution in [0.15, 0.2) is 0 Å². The van der Waals surface area contributed by atoms with Gasteiger partial charge < -0.3 is 0 Å². The van der Waals surface area contributed by atoms with Crippen LogP contribution in [0.3, 0.4) is 0 Å². The van der Waals surface area contributed by atoms with E-state index in [9.17, 15) is 4.39 Å². The Kier molecular flexibility index (Phi) is 32.1. The summed E-state index contributed by atoms with van der Waals surface area (Å²) in [5, 5.41) is 0. The van der Waals surface area contributed by atoms with Crippen LogP contribution in [0.1, 0.15) is 80.1 Å². The highest BCUT2D eigenvalue weighted by Gasteiger charge is 1.95. The molecule has 0 N–H and O–H groups in total. The van der Waals surface area contributed by atoms with Crippen LogP contribution < -0.4 is 0 Å². The molecule has 0 saturated carbocycles. The summed E-state index contributed by atoms with van der Waals surface area (Å²) in [6.07, 6.45) is 7.21. The van der Waals surface area contributed by atoms with Crippen molar-refractivity contribution in [3.63, 3.8) is 0 Å². The Labute approximate surface area is 97.7 Å². The lowest BCUT2D eigenvalue weighted by Gasteiger charge is -2.05. The summed E-state index contributed by atoms with van der Waals surface area (Å²) in [6.45, 7) is 12.7. The summed E-state index contributed by atoms with van der Waals surface area (Å²) in [7, 11) is 0. The van der Waals surface area contributed by atoms with Gasteiger partial charge in [0.1, 0.15) is 0 Å². The van der Waals surface area contributed by atoms with E-state index < -0.39 is 0 Å². The number of hydrogen-bond acceptors (Lipinski definition) is 0. The van der Waals surface area contributed by atoms with Gasteiger partial charge in [-0.05, 0) is 12.3 Å². The third kappa shape index (κ3) is 31.5. The standard InChI is InChI=1S/C8H18.C4H9F.C2H6/c1-4-6-8(3)7-5-2;1-2-3-4-5;1-2/h8H,4-7H2,1-3H3;2-4H2,1H3;1-2H3. The van der Waals surface area contributed by atoms with Crippen LogP contribution in [0.4, 0.5) is 4.39 Å². The molecule has 0 amide bonds. The predicted octanol–water partition coefficient (Wildman–Crippen LogP) is 6.00. The molecule has 0 aliphatic heterocycles. The third-order valence-corrected chi connectivity index (χ3v) is 2.05. The maximum absolute atomic E-state index is 11.0. The van der Waals surface area contributed by atoms with Gasteiger partial charge in [-0.25, -0.2) is 0 Å². The highest BCUT2D eigenvalue weighted by molar-refractivity contribution is 4.48. The zero-order chi connectivity index (χ0) is 12.5. The molecule has 0 saturated heterocycles. The van der Waals surface area contributed by atoms with E-state index in [-0.39, 0.29) is 6.67 Å². The van der Waals surface area contributed by atoms with Crippen LogP contribution >= 0.6 is 0 Å². The van der Waals surface area contributed by atoms with Gasteiger partial charge >= 0.3 is 0 Å². The van der Waals surface area contributed by atoms with Crippen molar-refractivity contribution in [3.8, 4) is 0 Å². The number of alkyl halides is 1. The van der Waals surface area contributed by atoms with Crippen molar-refractivity contribution in [1.29, 1.82) is 0 Å². The minimum Gasteiger partial charge on any atom is -0.251 e. The maximum atomic E-state index is 11.0. The lowest BCUT2D eigenvalue weighted by molar-refractivity contribution is 0.469. The fourth-order valence-electron chi connectivity index (χ4n) is 1.26. The summed E-state index contributed by atoms with van der Waals surface area (Å²) in [6, 6.07) is 0. The summed E-state index contributed by atoms with van der Waals surface area (Å²) in [5.41, 5.74) is 0. The molecule has 15 heavy (non-hydrogen) atoms. The number of rotatable bonds is 6. The maximum Gasteiger partial charge on any atom is 0.0894 e. The molecule has 0 atom stereocenters. The summed E-state index contributed by atoms with van der Waals surface area (Å²) >= 11 is 0. The van der Waals surface area contributed by atoms with Crippen molar-refractivity contribution in [2.24, 2.45) is 5.92 Å². The first-order chi connectivity index (χ1) is 7.22. The van der Waals surface area contributed by atoms with E-state index in [1.54, 1.807) is 0 Å². The van der Waals surface area contributed by atoms with Gasteiger partial charge in [-0.15, -0.1) is 0 Å². The van der Waals surface area contributed by atoms with Crippen molar-refractivity contribution in [3.05, 3.63) is 0 Å². The first kappa shape index (κ1) is 20.4. The molecule has 0 nitrogen and oxygen atoms in total. The van der Waals surface area contributed by atoms with Crippen molar-refractivity contribution in [1.82, 2.24) is 0 Å². The molecule has 0 aromatic heterocycles. The van der Waals surface area contributed by atoms with Gasteiger partial charge in [0.25, 0.3) is 0 Å². The Morgan fingerprint density at radius 2 is 1.27 bits per heavy atom. The molecule has 0 aromatic carbocycles. The summed E-state index contributed by atoms with van der Waals surface area (Å²) < 4.78 is 11.0. The Morgan fingerprint density at radius 3 is 1.40 bits per heavy atom. The van der Waals surface area contributed by atoms with Crippen LogP contribution in [0.2, 0.25) is 0 Å². The van der Waals surface area contributed by atoms with E-state index >= 15 is 0 Å². The lowest BCUT2D eigenvalue weighted by atomic mass is 10.0. The van der Waals surface area contributed by atoms with Gasteiger partial charge in [-0.1, -0.05) is 73.6 Å². The second-order valence-corrected chi connectivity index (χ2v) is 3.73. The summed E-state index contributed by atoms with van der Waals surface area (Å²) in [5.74, 6) is 0.963. The molecular weight excluding hydrogens is 187 g/mol. The van der Waals surface area contributed by atoms with Gasteiger partial charge in [0.2, 0.25) is 0 Å². The van der Waals surface area contributed by atoms with Crippen LogP contribution in [-0.4, -0.2) is 6.67 Å². The highest BCUT2D eigenvalue weighted by atomic mass is 19.1. The quantitative estimate of drug-likeness (QED) is 0.514. The summed E-state index contributed by atoms with van der Waals surface area (Å²) in [4.78, 5) is 0. The van der Waals surface area contributed by atoms with Crippen LogP contribution in [-0.2, 0) is 0 Å². The Bertz CT molecular complexity index is 63.7. The fraction of sp³-hybridized carbons (Fsp3) is 1.00. The third-order valence-electron chi connectivity index (χ3n) is 2.05. The van der Waals surface area contributed by atoms with Crippen molar-refractivity contribution < 1.29 is 4.39 Å². The molecule has 0 radical (unpaired) electrons.